The highest BCUT2D eigenvalue weighted by atomic mass is 32.2. The maximum absolute atomic E-state index is 10.2. The molecule has 0 bridgehead atoms. The second-order valence-electron chi connectivity index (χ2n) is 3.04. The minimum absolute atomic E-state index is 0.0691. The van der Waals surface area contributed by atoms with Crippen LogP contribution in [-0.4, -0.2) is 22.3 Å². The van der Waals surface area contributed by atoms with Gasteiger partial charge in [0.25, 0.3) is 0 Å². The Morgan fingerprint density at radius 2 is 1.79 bits per heavy atom. The molecule has 0 aromatic carbocycles. The van der Waals surface area contributed by atoms with E-state index in [-0.39, 0.29) is 6.61 Å². The van der Waals surface area contributed by atoms with Crippen molar-refractivity contribution in [3.8, 4) is 0 Å². The Labute approximate surface area is 89.0 Å². The van der Waals surface area contributed by atoms with Crippen LogP contribution < -0.4 is 0 Å². The molecule has 77 valence electrons. The Kier molecular flexibility index (Phi) is 6.36. The summed E-state index contributed by atoms with van der Waals surface area (Å²) < 4.78 is 0. The number of unbranched alkanes of at least 4 members (excludes halogenated alkanes) is 3. The van der Waals surface area contributed by atoms with E-state index in [1.54, 1.807) is 11.8 Å². The maximum Gasteiger partial charge on any atom is 0.115 e. The molecule has 0 aliphatic rings. The lowest BCUT2D eigenvalue weighted by molar-refractivity contribution is 0.186. The van der Waals surface area contributed by atoms with Gasteiger partial charge in [-0.15, -0.1) is 11.8 Å². The molecule has 0 saturated carbocycles. The van der Waals surface area contributed by atoms with Gasteiger partial charge in [0.2, 0.25) is 0 Å². The molecular weight excluding hydrogens is 196 g/mol. The van der Waals surface area contributed by atoms with Gasteiger partial charge in [0.15, 0.2) is 0 Å². The Morgan fingerprint density at radius 1 is 1.07 bits per heavy atom. The monoisotopic (exact) mass is 211 g/mol. The normalized spacial score (nSPS) is 10.4. The minimum Gasteiger partial charge on any atom is -0.244 e. The number of hydrogen-bond donors (Lipinski definition) is 0. The Morgan fingerprint density at radius 3 is 2.50 bits per heavy atom. The van der Waals surface area contributed by atoms with Crippen molar-refractivity contribution in [2.45, 2.75) is 30.6 Å². The molecule has 0 spiro atoms. The summed E-state index contributed by atoms with van der Waals surface area (Å²) in [4.78, 5) is 9.00. The molecule has 0 saturated heterocycles. The minimum atomic E-state index is 0.0691. The SMILES string of the molecule is [O]CCCCCCSc1cncnc1. The van der Waals surface area contributed by atoms with Gasteiger partial charge < -0.3 is 0 Å². The van der Waals surface area contributed by atoms with Crippen molar-refractivity contribution in [2.24, 2.45) is 0 Å². The standard InChI is InChI=1S/C10H15N2OS/c13-5-3-1-2-4-6-14-10-7-11-9-12-8-10/h7-9H,1-6H2. The van der Waals surface area contributed by atoms with Crippen LogP contribution in [0, 0.1) is 0 Å². The van der Waals surface area contributed by atoms with Crippen LogP contribution in [0.25, 0.3) is 0 Å². The predicted molar refractivity (Wildman–Crippen MR) is 56.8 cm³/mol. The van der Waals surface area contributed by atoms with Crippen LogP contribution in [0.5, 0.6) is 0 Å². The lowest BCUT2D eigenvalue weighted by Crippen LogP contribution is -1.85. The molecule has 0 aliphatic carbocycles. The highest BCUT2D eigenvalue weighted by Gasteiger charge is 1.94. The van der Waals surface area contributed by atoms with Gasteiger partial charge in [-0.25, -0.2) is 15.1 Å². The van der Waals surface area contributed by atoms with Crippen LogP contribution in [0.15, 0.2) is 23.6 Å². The van der Waals surface area contributed by atoms with Crippen LogP contribution in [0.3, 0.4) is 0 Å². The van der Waals surface area contributed by atoms with Crippen molar-refractivity contribution in [3.63, 3.8) is 0 Å². The molecule has 0 fully saturated rings. The number of aromatic nitrogens is 2. The van der Waals surface area contributed by atoms with Crippen LogP contribution in [0.2, 0.25) is 0 Å². The zero-order valence-electron chi connectivity index (χ0n) is 8.19. The molecule has 1 aromatic heterocycles. The van der Waals surface area contributed by atoms with Crippen molar-refractivity contribution in [1.29, 1.82) is 0 Å². The lowest BCUT2D eigenvalue weighted by Gasteiger charge is -1.99. The highest BCUT2D eigenvalue weighted by Crippen LogP contribution is 2.17. The molecule has 0 amide bonds. The fourth-order valence-electron chi connectivity index (χ4n) is 1.11. The number of hydrogen-bond acceptors (Lipinski definition) is 3. The summed E-state index contributed by atoms with van der Waals surface area (Å²) in [5, 5.41) is 10.2. The molecule has 1 rings (SSSR count). The first-order valence-electron chi connectivity index (χ1n) is 4.89. The molecule has 0 atom stereocenters. The van der Waals surface area contributed by atoms with Crippen molar-refractivity contribution < 1.29 is 5.11 Å². The third-order valence-corrected chi connectivity index (χ3v) is 2.88. The van der Waals surface area contributed by atoms with Crippen molar-refractivity contribution in [2.75, 3.05) is 12.4 Å². The van der Waals surface area contributed by atoms with Crippen LogP contribution in [-0.2, 0) is 5.11 Å². The summed E-state index contributed by atoms with van der Waals surface area (Å²) >= 11 is 1.78. The molecule has 14 heavy (non-hydrogen) atoms. The molecule has 4 heteroatoms. The van der Waals surface area contributed by atoms with Gasteiger partial charge in [0, 0.05) is 17.3 Å². The van der Waals surface area contributed by atoms with E-state index in [9.17, 15) is 5.11 Å². The van der Waals surface area contributed by atoms with E-state index in [1.165, 1.54) is 12.7 Å². The summed E-state index contributed by atoms with van der Waals surface area (Å²) in [5.41, 5.74) is 0. The van der Waals surface area contributed by atoms with E-state index in [0.29, 0.717) is 0 Å². The van der Waals surface area contributed by atoms with Crippen molar-refractivity contribution in [3.05, 3.63) is 18.7 Å². The van der Waals surface area contributed by atoms with Gasteiger partial charge >= 0.3 is 0 Å². The Balaban J connectivity index is 1.99. The van der Waals surface area contributed by atoms with E-state index in [1.807, 2.05) is 12.4 Å². The molecule has 1 aromatic rings. The Bertz CT molecular complexity index is 231. The molecule has 0 aliphatic heterocycles. The molecule has 0 N–H and O–H groups in total. The van der Waals surface area contributed by atoms with E-state index < -0.39 is 0 Å². The third-order valence-electron chi connectivity index (χ3n) is 1.84. The molecule has 3 nitrogen and oxygen atoms in total. The average molecular weight is 211 g/mol. The van der Waals surface area contributed by atoms with Gasteiger partial charge in [0.1, 0.15) is 6.33 Å². The zero-order valence-corrected chi connectivity index (χ0v) is 9.00. The Hall–Kier alpha value is -0.610. The molecule has 1 heterocycles. The van der Waals surface area contributed by atoms with Gasteiger partial charge in [-0.05, 0) is 18.6 Å². The first-order chi connectivity index (χ1) is 6.93. The number of thioether (sulfide) groups is 1. The quantitative estimate of drug-likeness (QED) is 0.514. The molecular formula is C10H15N2OS. The lowest BCUT2D eigenvalue weighted by atomic mass is 10.2. The molecule has 0 unspecified atom stereocenters. The largest absolute Gasteiger partial charge is 0.244 e. The highest BCUT2D eigenvalue weighted by molar-refractivity contribution is 7.99. The summed E-state index contributed by atoms with van der Waals surface area (Å²) in [6.45, 7) is 0.0691. The van der Waals surface area contributed by atoms with Gasteiger partial charge in [-0.1, -0.05) is 12.8 Å². The topological polar surface area (TPSA) is 45.7 Å². The van der Waals surface area contributed by atoms with Crippen molar-refractivity contribution >= 4 is 11.8 Å². The average Bonchev–Trinajstić information content (AvgIpc) is 2.25. The fraction of sp³-hybridized carbons (Fsp3) is 0.600. The van der Waals surface area contributed by atoms with Crippen LogP contribution >= 0.6 is 11.8 Å². The second kappa shape index (κ2) is 7.76. The zero-order chi connectivity index (χ0) is 10.1. The fourth-order valence-corrected chi connectivity index (χ4v) is 1.96. The number of rotatable bonds is 7. The smallest absolute Gasteiger partial charge is 0.115 e. The molecule has 1 radical (unpaired) electrons. The summed E-state index contributed by atoms with van der Waals surface area (Å²) in [5.74, 6) is 1.09. The summed E-state index contributed by atoms with van der Waals surface area (Å²) in [6, 6.07) is 0. The maximum atomic E-state index is 10.2. The third kappa shape index (κ3) is 5.19. The van der Waals surface area contributed by atoms with Crippen LogP contribution in [0.1, 0.15) is 25.7 Å². The van der Waals surface area contributed by atoms with E-state index >= 15 is 0 Å². The van der Waals surface area contributed by atoms with Gasteiger partial charge in [-0.3, -0.25) is 0 Å². The van der Waals surface area contributed by atoms with Crippen molar-refractivity contribution in [1.82, 2.24) is 9.97 Å². The summed E-state index contributed by atoms with van der Waals surface area (Å²) in [6.07, 6.45) is 9.40. The summed E-state index contributed by atoms with van der Waals surface area (Å²) in [7, 11) is 0. The second-order valence-corrected chi connectivity index (χ2v) is 4.21. The first-order valence-corrected chi connectivity index (χ1v) is 5.88. The van der Waals surface area contributed by atoms with E-state index in [0.717, 1.165) is 29.9 Å². The van der Waals surface area contributed by atoms with E-state index in [2.05, 4.69) is 9.97 Å². The first kappa shape index (κ1) is 11.5. The number of nitrogens with zero attached hydrogens (tertiary/aromatic N) is 2. The van der Waals surface area contributed by atoms with Crippen LogP contribution in [0.4, 0.5) is 0 Å². The van der Waals surface area contributed by atoms with Gasteiger partial charge in [-0.2, -0.15) is 0 Å². The predicted octanol–water partition coefficient (Wildman–Crippen LogP) is 2.56. The van der Waals surface area contributed by atoms with Gasteiger partial charge in [0.05, 0.1) is 6.61 Å². The van der Waals surface area contributed by atoms with E-state index in [4.69, 9.17) is 0 Å².